The molecule has 2 N–H and O–H groups in total. The van der Waals surface area contributed by atoms with Gasteiger partial charge in [-0.05, 0) is 36.1 Å². The van der Waals surface area contributed by atoms with Crippen LogP contribution in [0.15, 0.2) is 59.6 Å². The second-order valence-electron chi connectivity index (χ2n) is 8.30. The SMILES string of the molecule is CCCCOc1cccc(CNC(=NC)NCC2CC(=O)N(CCc3ccccc3)C2)c1. The number of likely N-dealkylation sites (tertiary alicyclic amines) is 1. The van der Waals surface area contributed by atoms with Gasteiger partial charge in [-0.3, -0.25) is 9.79 Å². The number of rotatable bonds is 11. The van der Waals surface area contributed by atoms with Gasteiger partial charge in [0.25, 0.3) is 0 Å². The Morgan fingerprint density at radius 1 is 1.12 bits per heavy atom. The number of carbonyl (C=O) groups is 1. The molecule has 1 unspecified atom stereocenters. The summed E-state index contributed by atoms with van der Waals surface area (Å²) in [4.78, 5) is 18.7. The number of carbonyl (C=O) groups excluding carboxylic acids is 1. The number of nitrogens with zero attached hydrogens (tertiary/aromatic N) is 2. The number of hydrogen-bond acceptors (Lipinski definition) is 3. The minimum Gasteiger partial charge on any atom is -0.494 e. The largest absolute Gasteiger partial charge is 0.494 e. The second-order valence-corrected chi connectivity index (χ2v) is 8.30. The standard InChI is InChI=1S/C26H36N4O2/c1-3-4-15-32-24-12-8-11-22(16-24)18-28-26(27-2)29-19-23-17-25(31)30(20-23)14-13-21-9-6-5-7-10-21/h5-12,16,23H,3-4,13-15,17-20H2,1-2H3,(H2,27,28,29). The van der Waals surface area contributed by atoms with Crippen molar-refractivity contribution in [2.24, 2.45) is 10.9 Å². The average molecular weight is 437 g/mol. The highest BCUT2D eigenvalue weighted by Gasteiger charge is 2.29. The fourth-order valence-electron chi connectivity index (χ4n) is 3.84. The molecule has 0 aliphatic carbocycles. The molecule has 1 fully saturated rings. The van der Waals surface area contributed by atoms with Gasteiger partial charge in [-0.1, -0.05) is 55.8 Å². The first kappa shape index (κ1) is 23.6. The first-order valence-corrected chi connectivity index (χ1v) is 11.7. The molecule has 0 aromatic heterocycles. The summed E-state index contributed by atoms with van der Waals surface area (Å²) in [7, 11) is 1.77. The van der Waals surface area contributed by atoms with E-state index in [1.165, 1.54) is 5.56 Å². The van der Waals surface area contributed by atoms with Crippen LogP contribution < -0.4 is 15.4 Å². The molecule has 0 spiro atoms. The number of unbranched alkanes of at least 4 members (excludes halogenated alkanes) is 1. The third kappa shape index (κ3) is 7.59. The molecule has 1 aliphatic rings. The van der Waals surface area contributed by atoms with Gasteiger partial charge in [-0.25, -0.2) is 0 Å². The zero-order valence-electron chi connectivity index (χ0n) is 19.3. The first-order valence-electron chi connectivity index (χ1n) is 11.7. The normalized spacial score (nSPS) is 16.3. The Morgan fingerprint density at radius 3 is 2.72 bits per heavy atom. The molecule has 1 amide bonds. The number of amides is 1. The summed E-state index contributed by atoms with van der Waals surface area (Å²) in [6, 6.07) is 18.5. The lowest BCUT2D eigenvalue weighted by molar-refractivity contribution is -0.127. The van der Waals surface area contributed by atoms with E-state index < -0.39 is 0 Å². The van der Waals surface area contributed by atoms with Gasteiger partial charge in [0.05, 0.1) is 6.61 Å². The van der Waals surface area contributed by atoms with Crippen LogP contribution in [0.3, 0.4) is 0 Å². The van der Waals surface area contributed by atoms with Gasteiger partial charge in [-0.2, -0.15) is 0 Å². The van der Waals surface area contributed by atoms with Gasteiger partial charge >= 0.3 is 0 Å². The fourth-order valence-corrected chi connectivity index (χ4v) is 3.84. The number of ether oxygens (including phenoxy) is 1. The Balaban J connectivity index is 1.40. The van der Waals surface area contributed by atoms with Gasteiger partial charge in [0.1, 0.15) is 5.75 Å². The Morgan fingerprint density at radius 2 is 1.94 bits per heavy atom. The third-order valence-electron chi connectivity index (χ3n) is 5.71. The minimum atomic E-state index is 0.246. The van der Waals surface area contributed by atoms with Crippen molar-refractivity contribution in [2.45, 2.75) is 39.2 Å². The molecular formula is C26H36N4O2. The lowest BCUT2D eigenvalue weighted by Gasteiger charge is -2.18. The molecule has 6 nitrogen and oxygen atoms in total. The van der Waals surface area contributed by atoms with Crippen LogP contribution in [-0.2, 0) is 17.8 Å². The summed E-state index contributed by atoms with van der Waals surface area (Å²) in [5, 5.41) is 6.74. The fraction of sp³-hybridized carbons (Fsp3) is 0.462. The molecule has 1 heterocycles. The smallest absolute Gasteiger partial charge is 0.223 e. The molecule has 3 rings (SSSR count). The molecule has 1 atom stereocenters. The Kier molecular flexibility index (Phi) is 9.41. The van der Waals surface area contributed by atoms with Crippen molar-refractivity contribution in [1.82, 2.24) is 15.5 Å². The Labute approximate surface area is 192 Å². The molecule has 2 aromatic carbocycles. The molecular weight excluding hydrogens is 400 g/mol. The van der Waals surface area contributed by atoms with Gasteiger partial charge in [0.15, 0.2) is 5.96 Å². The van der Waals surface area contributed by atoms with Crippen LogP contribution in [0.5, 0.6) is 5.75 Å². The Bertz CT molecular complexity index is 869. The van der Waals surface area contributed by atoms with Gasteiger partial charge in [0, 0.05) is 45.6 Å². The minimum absolute atomic E-state index is 0.246. The van der Waals surface area contributed by atoms with Crippen molar-refractivity contribution in [2.75, 3.05) is 33.3 Å². The van der Waals surface area contributed by atoms with Crippen LogP contribution in [0.2, 0.25) is 0 Å². The van der Waals surface area contributed by atoms with Gasteiger partial charge in [-0.15, -0.1) is 0 Å². The van der Waals surface area contributed by atoms with E-state index in [2.05, 4.69) is 46.8 Å². The number of aliphatic imine (C=N–C) groups is 1. The topological polar surface area (TPSA) is 66.0 Å². The van der Waals surface area contributed by atoms with Crippen LogP contribution >= 0.6 is 0 Å². The van der Waals surface area contributed by atoms with Crippen molar-refractivity contribution >= 4 is 11.9 Å². The highest BCUT2D eigenvalue weighted by molar-refractivity contribution is 5.80. The van der Waals surface area contributed by atoms with E-state index >= 15 is 0 Å². The van der Waals surface area contributed by atoms with E-state index in [1.807, 2.05) is 35.2 Å². The van der Waals surface area contributed by atoms with Gasteiger partial charge in [0.2, 0.25) is 5.91 Å². The molecule has 0 saturated carbocycles. The van der Waals surface area contributed by atoms with E-state index in [4.69, 9.17) is 4.74 Å². The maximum atomic E-state index is 12.4. The van der Waals surface area contributed by atoms with Crippen LogP contribution in [0.4, 0.5) is 0 Å². The van der Waals surface area contributed by atoms with Crippen LogP contribution in [0.1, 0.15) is 37.3 Å². The summed E-state index contributed by atoms with van der Waals surface area (Å²) in [6.45, 7) is 5.88. The molecule has 1 saturated heterocycles. The highest BCUT2D eigenvalue weighted by Crippen LogP contribution is 2.18. The first-order chi connectivity index (χ1) is 15.7. The van der Waals surface area contributed by atoms with E-state index in [9.17, 15) is 4.79 Å². The zero-order valence-corrected chi connectivity index (χ0v) is 19.3. The van der Waals surface area contributed by atoms with Crippen molar-refractivity contribution in [3.63, 3.8) is 0 Å². The lowest BCUT2D eigenvalue weighted by Crippen LogP contribution is -2.40. The van der Waals surface area contributed by atoms with Crippen molar-refractivity contribution in [3.05, 3.63) is 65.7 Å². The molecule has 2 aromatic rings. The van der Waals surface area contributed by atoms with Crippen LogP contribution in [-0.4, -0.2) is 50.1 Å². The van der Waals surface area contributed by atoms with Crippen LogP contribution in [0.25, 0.3) is 0 Å². The molecule has 0 bridgehead atoms. The quantitative estimate of drug-likeness (QED) is 0.321. The summed E-state index contributed by atoms with van der Waals surface area (Å²) in [6.07, 6.45) is 3.68. The molecule has 172 valence electrons. The number of guanidine groups is 1. The van der Waals surface area contributed by atoms with E-state index in [1.54, 1.807) is 7.05 Å². The number of hydrogen-bond donors (Lipinski definition) is 2. The summed E-state index contributed by atoms with van der Waals surface area (Å²) >= 11 is 0. The second kappa shape index (κ2) is 12.7. The predicted molar refractivity (Wildman–Crippen MR) is 130 cm³/mol. The maximum absolute atomic E-state index is 12.4. The van der Waals surface area contributed by atoms with Crippen molar-refractivity contribution < 1.29 is 9.53 Å². The molecule has 1 aliphatic heterocycles. The van der Waals surface area contributed by atoms with Crippen LogP contribution in [0, 0.1) is 5.92 Å². The average Bonchev–Trinajstić information content (AvgIpc) is 3.18. The predicted octanol–water partition coefficient (Wildman–Crippen LogP) is 3.62. The monoisotopic (exact) mass is 436 g/mol. The Hall–Kier alpha value is -3.02. The van der Waals surface area contributed by atoms with Gasteiger partial charge < -0.3 is 20.3 Å². The molecule has 6 heteroatoms. The highest BCUT2D eigenvalue weighted by atomic mass is 16.5. The number of benzene rings is 2. The summed E-state index contributed by atoms with van der Waals surface area (Å²) < 4.78 is 5.79. The number of nitrogens with one attached hydrogen (secondary N) is 2. The summed E-state index contributed by atoms with van der Waals surface area (Å²) in [5.41, 5.74) is 2.41. The lowest BCUT2D eigenvalue weighted by atomic mass is 10.1. The molecule has 32 heavy (non-hydrogen) atoms. The summed E-state index contributed by atoms with van der Waals surface area (Å²) in [5.74, 6) is 2.20. The van der Waals surface area contributed by atoms with Crippen molar-refractivity contribution in [3.8, 4) is 5.75 Å². The molecule has 0 radical (unpaired) electrons. The van der Waals surface area contributed by atoms with E-state index in [0.717, 1.165) is 62.8 Å². The van der Waals surface area contributed by atoms with E-state index in [0.29, 0.717) is 18.9 Å². The zero-order chi connectivity index (χ0) is 22.6. The maximum Gasteiger partial charge on any atom is 0.223 e. The van der Waals surface area contributed by atoms with Crippen molar-refractivity contribution in [1.29, 1.82) is 0 Å². The third-order valence-corrected chi connectivity index (χ3v) is 5.71. The van der Waals surface area contributed by atoms with E-state index in [-0.39, 0.29) is 5.91 Å².